The molecule has 1 aromatic carbocycles. The van der Waals surface area contributed by atoms with E-state index in [-0.39, 0.29) is 17.7 Å². The lowest BCUT2D eigenvalue weighted by Gasteiger charge is -2.25. The van der Waals surface area contributed by atoms with Crippen LogP contribution in [0.4, 0.5) is 33.3 Å². The van der Waals surface area contributed by atoms with Crippen molar-refractivity contribution in [2.45, 2.75) is 24.9 Å². The van der Waals surface area contributed by atoms with Gasteiger partial charge >= 0.3 is 12.1 Å². The molecule has 0 saturated carbocycles. The summed E-state index contributed by atoms with van der Waals surface area (Å²) in [5, 5.41) is 2.69. The van der Waals surface area contributed by atoms with Gasteiger partial charge in [-0.1, -0.05) is 6.07 Å². The molecule has 22 heavy (non-hydrogen) atoms. The normalized spacial score (nSPS) is 12.8. The maximum atomic E-state index is 13.7. The summed E-state index contributed by atoms with van der Waals surface area (Å²) in [4.78, 5) is 1.82. The first-order valence-corrected chi connectivity index (χ1v) is 6.71. The van der Waals surface area contributed by atoms with Crippen LogP contribution in [0.3, 0.4) is 0 Å². The molecule has 0 radical (unpaired) electrons. The highest BCUT2D eigenvalue weighted by Gasteiger charge is 2.59. The van der Waals surface area contributed by atoms with Gasteiger partial charge in [-0.05, 0) is 45.1 Å². The van der Waals surface area contributed by atoms with Crippen molar-refractivity contribution in [2.24, 2.45) is 0 Å². The summed E-state index contributed by atoms with van der Waals surface area (Å²) < 4.78 is 65.4. The van der Waals surface area contributed by atoms with Crippen LogP contribution < -0.4 is 11.1 Å². The van der Waals surface area contributed by atoms with Gasteiger partial charge in [0.25, 0.3) is 0 Å². The summed E-state index contributed by atoms with van der Waals surface area (Å²) in [5.41, 5.74) is 4.81. The molecule has 0 aromatic heterocycles. The first-order chi connectivity index (χ1) is 10.0. The van der Waals surface area contributed by atoms with E-state index < -0.39 is 17.7 Å². The molecule has 0 aliphatic heterocycles. The third-order valence-corrected chi connectivity index (χ3v) is 3.35. The Labute approximate surface area is 126 Å². The first-order valence-electron chi connectivity index (χ1n) is 6.71. The fourth-order valence-corrected chi connectivity index (χ4v) is 2.17. The number of nitrogens with zero attached hydrogens (tertiary/aromatic N) is 1. The Balaban J connectivity index is 3.29. The number of nitrogens with one attached hydrogen (secondary N) is 1. The molecule has 1 rings (SSSR count). The molecule has 0 atom stereocenters. The third kappa shape index (κ3) is 3.79. The van der Waals surface area contributed by atoms with Crippen LogP contribution >= 0.6 is 0 Å². The molecular weight excluding hydrogens is 305 g/mol. The van der Waals surface area contributed by atoms with Gasteiger partial charge in [0, 0.05) is 12.6 Å². The Hall–Kier alpha value is -1.57. The molecule has 0 saturated heterocycles. The second kappa shape index (κ2) is 6.68. The summed E-state index contributed by atoms with van der Waals surface area (Å²) in [6.45, 7) is 0.556. The van der Waals surface area contributed by atoms with Crippen LogP contribution in [0.2, 0.25) is 0 Å². The molecule has 0 unspecified atom stereocenters. The number of benzene rings is 1. The van der Waals surface area contributed by atoms with Gasteiger partial charge in [-0.3, -0.25) is 0 Å². The number of rotatable bonds is 6. The van der Waals surface area contributed by atoms with E-state index in [9.17, 15) is 22.0 Å². The highest BCUT2D eigenvalue weighted by Crippen LogP contribution is 2.47. The fraction of sp³-hybridized carbons (Fsp3) is 0.571. The average molecular weight is 325 g/mol. The molecule has 0 spiro atoms. The number of anilines is 2. The molecule has 3 N–H and O–H groups in total. The largest absolute Gasteiger partial charge is 0.458 e. The van der Waals surface area contributed by atoms with E-state index in [1.807, 2.05) is 4.90 Å². The minimum absolute atomic E-state index is 0.0422. The van der Waals surface area contributed by atoms with Gasteiger partial charge in [0.1, 0.15) is 0 Å². The van der Waals surface area contributed by atoms with Crippen molar-refractivity contribution in [3.8, 4) is 0 Å². The monoisotopic (exact) mass is 325 g/mol. The summed E-state index contributed by atoms with van der Waals surface area (Å²) in [6.07, 6.45) is -5.19. The fourth-order valence-electron chi connectivity index (χ4n) is 2.17. The van der Waals surface area contributed by atoms with Crippen molar-refractivity contribution >= 4 is 11.4 Å². The third-order valence-electron chi connectivity index (χ3n) is 3.35. The van der Waals surface area contributed by atoms with E-state index in [0.29, 0.717) is 18.7 Å². The zero-order valence-corrected chi connectivity index (χ0v) is 12.7. The molecule has 0 bridgehead atoms. The zero-order valence-electron chi connectivity index (χ0n) is 12.7. The smallest absolute Gasteiger partial charge is 0.397 e. The van der Waals surface area contributed by atoms with Crippen molar-refractivity contribution in [2.75, 3.05) is 38.7 Å². The molecule has 0 heterocycles. The van der Waals surface area contributed by atoms with E-state index in [4.69, 9.17) is 5.73 Å². The van der Waals surface area contributed by atoms with Gasteiger partial charge in [-0.25, -0.2) is 0 Å². The van der Waals surface area contributed by atoms with Crippen molar-refractivity contribution < 1.29 is 22.0 Å². The number of alkyl halides is 5. The molecule has 126 valence electrons. The molecule has 0 aliphatic carbocycles. The van der Waals surface area contributed by atoms with Gasteiger partial charge in [0.05, 0.1) is 11.4 Å². The molecule has 1 aromatic rings. The number of halogens is 5. The number of hydrogen-bond donors (Lipinski definition) is 2. The van der Waals surface area contributed by atoms with Crippen molar-refractivity contribution in [1.29, 1.82) is 0 Å². The van der Waals surface area contributed by atoms with Crippen LogP contribution in [0.25, 0.3) is 0 Å². The standard InChI is InChI=1S/C14H20F5N3/c1-21-11-7-6-10(13(15,16)14(17,18)19)9(12(11)20)5-4-8-22(2)3/h6-7,21H,4-5,8,20H2,1-3H3. The Kier molecular flexibility index (Phi) is 5.61. The highest BCUT2D eigenvalue weighted by molar-refractivity contribution is 5.72. The van der Waals surface area contributed by atoms with E-state index in [1.165, 1.54) is 7.05 Å². The van der Waals surface area contributed by atoms with E-state index in [0.717, 1.165) is 12.1 Å². The van der Waals surface area contributed by atoms with Gasteiger partial charge in [-0.15, -0.1) is 0 Å². The summed E-state index contributed by atoms with van der Waals surface area (Å²) in [7, 11) is 5.11. The Bertz CT molecular complexity index is 512. The summed E-state index contributed by atoms with van der Waals surface area (Å²) in [5.74, 6) is -4.93. The van der Waals surface area contributed by atoms with Gasteiger partial charge in [0.2, 0.25) is 0 Å². The lowest BCUT2D eigenvalue weighted by molar-refractivity contribution is -0.289. The van der Waals surface area contributed by atoms with Gasteiger partial charge in [0.15, 0.2) is 0 Å². The van der Waals surface area contributed by atoms with Crippen molar-refractivity contribution in [3.63, 3.8) is 0 Å². The van der Waals surface area contributed by atoms with Gasteiger partial charge in [-0.2, -0.15) is 22.0 Å². The van der Waals surface area contributed by atoms with E-state index in [1.54, 1.807) is 14.1 Å². The second-order valence-electron chi connectivity index (χ2n) is 5.28. The maximum Gasteiger partial charge on any atom is 0.458 e. The molecule has 0 fully saturated rings. The molecule has 3 nitrogen and oxygen atoms in total. The maximum absolute atomic E-state index is 13.7. The van der Waals surface area contributed by atoms with Crippen LogP contribution in [-0.4, -0.2) is 38.8 Å². The SMILES string of the molecule is CNc1ccc(C(F)(F)C(F)(F)F)c(CCCN(C)C)c1N. The summed E-state index contributed by atoms with van der Waals surface area (Å²) in [6, 6.07) is 1.93. The van der Waals surface area contributed by atoms with Crippen LogP contribution in [0.15, 0.2) is 12.1 Å². The minimum atomic E-state index is -5.66. The number of hydrogen-bond acceptors (Lipinski definition) is 3. The Morgan fingerprint density at radius 3 is 2.18 bits per heavy atom. The van der Waals surface area contributed by atoms with Crippen LogP contribution in [0.5, 0.6) is 0 Å². The van der Waals surface area contributed by atoms with E-state index >= 15 is 0 Å². The van der Waals surface area contributed by atoms with Gasteiger partial charge < -0.3 is 16.0 Å². The summed E-state index contributed by atoms with van der Waals surface area (Å²) >= 11 is 0. The molecular formula is C14H20F5N3. The molecule has 0 aliphatic rings. The molecule has 0 amide bonds. The topological polar surface area (TPSA) is 41.3 Å². The lowest BCUT2D eigenvalue weighted by Crippen LogP contribution is -2.35. The number of nitrogens with two attached hydrogens (primary N) is 1. The highest BCUT2D eigenvalue weighted by atomic mass is 19.4. The van der Waals surface area contributed by atoms with E-state index in [2.05, 4.69) is 5.32 Å². The van der Waals surface area contributed by atoms with Crippen molar-refractivity contribution in [3.05, 3.63) is 23.3 Å². The minimum Gasteiger partial charge on any atom is -0.397 e. The quantitative estimate of drug-likeness (QED) is 0.622. The number of nitrogen functional groups attached to an aromatic ring is 1. The predicted octanol–water partition coefficient (Wildman–Crippen LogP) is 3.46. The predicted molar refractivity (Wildman–Crippen MR) is 77.2 cm³/mol. The first kappa shape index (κ1) is 18.5. The van der Waals surface area contributed by atoms with Crippen LogP contribution in [0.1, 0.15) is 17.5 Å². The van der Waals surface area contributed by atoms with Crippen LogP contribution in [0, 0.1) is 0 Å². The average Bonchev–Trinajstić information content (AvgIpc) is 2.38. The Morgan fingerprint density at radius 1 is 1.14 bits per heavy atom. The van der Waals surface area contributed by atoms with Crippen molar-refractivity contribution in [1.82, 2.24) is 4.90 Å². The lowest BCUT2D eigenvalue weighted by atomic mass is 9.94. The molecule has 8 heteroatoms. The zero-order chi connectivity index (χ0) is 17.1. The van der Waals surface area contributed by atoms with Crippen LogP contribution in [-0.2, 0) is 12.3 Å². The Morgan fingerprint density at radius 2 is 1.73 bits per heavy atom. The second-order valence-corrected chi connectivity index (χ2v) is 5.28.